The molecule has 3 aromatic rings. The standard InChI is InChI=1S/C34H39BrN6O4/c1-24-3-4-27(19-25(24)2)21-36-38-34(44)30-20-29(35)9-10-31(30)37-33(43)28-7-5-26(6-8-28)22-39-11-13-40(14-12-39)23-32(42)41-15-17-45-18-16-41/h3-10,19-21H,11-18,22-23H2,1-2H3,(H,37,43)(H,38,44)/b36-21+. The van der Waals surface area contributed by atoms with Gasteiger partial charge < -0.3 is 15.0 Å². The van der Waals surface area contributed by atoms with E-state index in [0.29, 0.717) is 48.6 Å². The Morgan fingerprint density at radius 2 is 1.56 bits per heavy atom. The number of halogens is 1. The van der Waals surface area contributed by atoms with Crippen LogP contribution in [-0.2, 0) is 16.1 Å². The Morgan fingerprint density at radius 3 is 2.27 bits per heavy atom. The molecule has 2 aliphatic heterocycles. The van der Waals surface area contributed by atoms with E-state index in [0.717, 1.165) is 49.4 Å². The van der Waals surface area contributed by atoms with Gasteiger partial charge in [0.15, 0.2) is 0 Å². The SMILES string of the molecule is Cc1ccc(/C=N/NC(=O)c2cc(Br)ccc2NC(=O)c2ccc(CN3CCN(CC(=O)N4CCOCC4)CC3)cc2)cc1C. The monoisotopic (exact) mass is 674 g/mol. The van der Waals surface area contributed by atoms with Crippen LogP contribution in [0.1, 0.15) is 43.0 Å². The van der Waals surface area contributed by atoms with E-state index in [-0.39, 0.29) is 17.4 Å². The van der Waals surface area contributed by atoms with Crippen LogP contribution < -0.4 is 10.7 Å². The molecule has 3 amide bonds. The minimum absolute atomic E-state index is 0.179. The van der Waals surface area contributed by atoms with Crippen molar-refractivity contribution in [2.24, 2.45) is 5.10 Å². The first-order chi connectivity index (χ1) is 21.7. The van der Waals surface area contributed by atoms with E-state index in [9.17, 15) is 14.4 Å². The molecule has 236 valence electrons. The molecule has 0 unspecified atom stereocenters. The molecule has 0 radical (unpaired) electrons. The summed E-state index contributed by atoms with van der Waals surface area (Å²) in [4.78, 5) is 45.2. The van der Waals surface area contributed by atoms with Crippen LogP contribution in [-0.4, -0.2) is 97.7 Å². The van der Waals surface area contributed by atoms with Gasteiger partial charge >= 0.3 is 0 Å². The smallest absolute Gasteiger partial charge is 0.273 e. The van der Waals surface area contributed by atoms with Crippen molar-refractivity contribution >= 4 is 45.6 Å². The highest BCUT2D eigenvalue weighted by molar-refractivity contribution is 9.10. The lowest BCUT2D eigenvalue weighted by atomic mass is 10.1. The summed E-state index contributed by atoms with van der Waals surface area (Å²) in [6.45, 7) is 11.3. The Hall–Kier alpha value is -3.90. The second-order valence-electron chi connectivity index (χ2n) is 11.4. The molecule has 5 rings (SSSR count). The molecule has 10 nitrogen and oxygen atoms in total. The van der Waals surface area contributed by atoms with Crippen LogP contribution in [0.5, 0.6) is 0 Å². The number of benzene rings is 3. The van der Waals surface area contributed by atoms with Crippen LogP contribution in [0.2, 0.25) is 0 Å². The Balaban J connectivity index is 1.12. The molecular formula is C34H39BrN6O4. The van der Waals surface area contributed by atoms with Crippen LogP contribution >= 0.6 is 15.9 Å². The normalized spacial score (nSPS) is 16.1. The van der Waals surface area contributed by atoms with Crippen molar-refractivity contribution in [2.45, 2.75) is 20.4 Å². The number of carbonyl (C=O) groups is 3. The van der Waals surface area contributed by atoms with Crippen molar-refractivity contribution in [2.75, 3.05) is 64.3 Å². The zero-order chi connectivity index (χ0) is 31.8. The summed E-state index contributed by atoms with van der Waals surface area (Å²) >= 11 is 3.42. The molecule has 2 N–H and O–H groups in total. The summed E-state index contributed by atoms with van der Waals surface area (Å²) in [6.07, 6.45) is 1.59. The van der Waals surface area contributed by atoms with Gasteiger partial charge in [-0.2, -0.15) is 5.10 Å². The number of anilines is 1. The predicted molar refractivity (Wildman–Crippen MR) is 179 cm³/mol. The summed E-state index contributed by atoms with van der Waals surface area (Å²) < 4.78 is 6.05. The molecular weight excluding hydrogens is 636 g/mol. The maximum atomic E-state index is 13.1. The third kappa shape index (κ3) is 9.07. The van der Waals surface area contributed by atoms with E-state index in [2.05, 4.69) is 41.6 Å². The highest BCUT2D eigenvalue weighted by atomic mass is 79.9. The number of amides is 3. The molecule has 0 spiro atoms. The van der Waals surface area contributed by atoms with Gasteiger partial charge in [-0.3, -0.25) is 24.2 Å². The minimum Gasteiger partial charge on any atom is -0.378 e. The van der Waals surface area contributed by atoms with Crippen LogP contribution in [0.15, 0.2) is 70.2 Å². The molecule has 2 saturated heterocycles. The Bertz CT molecular complexity index is 1550. The fourth-order valence-corrected chi connectivity index (χ4v) is 5.67. The molecule has 0 saturated carbocycles. The number of nitrogens with one attached hydrogen (secondary N) is 2. The van der Waals surface area contributed by atoms with Crippen molar-refractivity contribution in [1.29, 1.82) is 0 Å². The molecule has 11 heteroatoms. The number of hydrogen-bond donors (Lipinski definition) is 2. The number of hydrogen-bond acceptors (Lipinski definition) is 7. The van der Waals surface area contributed by atoms with E-state index < -0.39 is 5.91 Å². The van der Waals surface area contributed by atoms with Gasteiger partial charge in [-0.15, -0.1) is 0 Å². The Labute approximate surface area is 272 Å². The highest BCUT2D eigenvalue weighted by Gasteiger charge is 2.23. The summed E-state index contributed by atoms with van der Waals surface area (Å²) in [5, 5.41) is 6.99. The molecule has 0 bridgehead atoms. The highest BCUT2D eigenvalue weighted by Crippen LogP contribution is 2.22. The fraction of sp³-hybridized carbons (Fsp3) is 0.353. The van der Waals surface area contributed by atoms with E-state index in [4.69, 9.17) is 4.74 Å². The largest absolute Gasteiger partial charge is 0.378 e. The van der Waals surface area contributed by atoms with Crippen LogP contribution in [0, 0.1) is 13.8 Å². The lowest BCUT2D eigenvalue weighted by Gasteiger charge is -2.36. The Kier molecular flexibility index (Phi) is 11.1. The maximum Gasteiger partial charge on any atom is 0.273 e. The third-order valence-corrected chi connectivity index (χ3v) is 8.69. The number of carbonyl (C=O) groups excluding carboxylic acids is 3. The van der Waals surface area contributed by atoms with Gasteiger partial charge in [0.25, 0.3) is 11.8 Å². The molecule has 2 heterocycles. The topological polar surface area (TPSA) is 107 Å². The number of morpholine rings is 1. The van der Waals surface area contributed by atoms with Gasteiger partial charge in [0.2, 0.25) is 5.91 Å². The minimum atomic E-state index is -0.437. The summed E-state index contributed by atoms with van der Waals surface area (Å²) in [6, 6.07) is 18.6. The molecule has 0 atom stereocenters. The van der Waals surface area contributed by atoms with E-state index in [1.54, 1.807) is 36.5 Å². The van der Waals surface area contributed by atoms with Gasteiger partial charge in [0.1, 0.15) is 0 Å². The predicted octanol–water partition coefficient (Wildman–Crippen LogP) is 4.06. The number of nitrogens with zero attached hydrogens (tertiary/aromatic N) is 4. The fourth-order valence-electron chi connectivity index (χ4n) is 5.31. The first kappa shape index (κ1) is 32.5. The van der Waals surface area contributed by atoms with Gasteiger partial charge in [-0.1, -0.05) is 46.3 Å². The molecule has 2 aliphatic rings. The van der Waals surface area contributed by atoms with Crippen molar-refractivity contribution < 1.29 is 19.1 Å². The lowest BCUT2D eigenvalue weighted by Crippen LogP contribution is -2.51. The first-order valence-corrected chi connectivity index (χ1v) is 16.0. The van der Waals surface area contributed by atoms with E-state index >= 15 is 0 Å². The second kappa shape index (κ2) is 15.4. The number of ether oxygens (including phenoxy) is 1. The van der Waals surface area contributed by atoms with Gasteiger partial charge in [-0.25, -0.2) is 5.43 Å². The zero-order valence-electron chi connectivity index (χ0n) is 25.7. The van der Waals surface area contributed by atoms with Crippen LogP contribution in [0.4, 0.5) is 5.69 Å². The Morgan fingerprint density at radius 1 is 0.844 bits per heavy atom. The number of hydrazone groups is 1. The lowest BCUT2D eigenvalue weighted by molar-refractivity contribution is -0.136. The van der Waals surface area contributed by atoms with Crippen LogP contribution in [0.25, 0.3) is 0 Å². The molecule has 0 aliphatic carbocycles. The van der Waals surface area contributed by atoms with Crippen molar-refractivity contribution in [1.82, 2.24) is 20.1 Å². The molecule has 2 fully saturated rings. The number of piperazine rings is 1. The van der Waals surface area contributed by atoms with Gasteiger partial charge in [0, 0.05) is 55.8 Å². The van der Waals surface area contributed by atoms with Crippen LogP contribution in [0.3, 0.4) is 0 Å². The molecule has 3 aromatic carbocycles. The second-order valence-corrected chi connectivity index (χ2v) is 12.3. The average Bonchev–Trinajstić information content (AvgIpc) is 3.05. The summed E-state index contributed by atoms with van der Waals surface area (Å²) in [7, 11) is 0. The average molecular weight is 676 g/mol. The summed E-state index contributed by atoms with van der Waals surface area (Å²) in [5.41, 5.74) is 8.04. The first-order valence-electron chi connectivity index (χ1n) is 15.2. The zero-order valence-corrected chi connectivity index (χ0v) is 27.3. The van der Waals surface area contributed by atoms with Gasteiger partial charge in [0.05, 0.1) is 37.2 Å². The van der Waals surface area contributed by atoms with Crippen molar-refractivity contribution in [3.05, 3.63) is 98.5 Å². The molecule has 0 aromatic heterocycles. The number of rotatable bonds is 9. The summed E-state index contributed by atoms with van der Waals surface area (Å²) in [5.74, 6) is -0.569. The quantitative estimate of drug-likeness (QED) is 0.262. The third-order valence-electron chi connectivity index (χ3n) is 8.19. The van der Waals surface area contributed by atoms with E-state index in [1.165, 1.54) is 5.56 Å². The van der Waals surface area contributed by atoms with Gasteiger partial charge in [-0.05, 0) is 66.4 Å². The van der Waals surface area contributed by atoms with Crippen molar-refractivity contribution in [3.8, 4) is 0 Å². The van der Waals surface area contributed by atoms with Crippen molar-refractivity contribution in [3.63, 3.8) is 0 Å². The van der Waals surface area contributed by atoms with E-state index in [1.807, 2.05) is 49.1 Å². The molecule has 45 heavy (non-hydrogen) atoms. The maximum absolute atomic E-state index is 13.1. The number of aryl methyl sites for hydroxylation is 2.